The molecule has 0 saturated carbocycles. The molecule has 7 nitrogen and oxygen atoms in total. The largest absolute Gasteiger partial charge is 0.454 e. The molecule has 0 aromatic heterocycles. The smallest absolute Gasteiger partial charge is 0.312 e. The fraction of sp³-hybridized carbons (Fsp3) is 0.304. The van der Waals surface area contributed by atoms with Crippen molar-refractivity contribution in [1.82, 2.24) is 10.4 Å². The molecule has 7 heteroatoms. The van der Waals surface area contributed by atoms with Gasteiger partial charge in [0.05, 0.1) is 12.5 Å². The average Bonchev–Trinajstić information content (AvgIpc) is 3.12. The van der Waals surface area contributed by atoms with Crippen molar-refractivity contribution in [3.8, 4) is 0 Å². The minimum atomic E-state index is -0.911. The summed E-state index contributed by atoms with van der Waals surface area (Å²) in [7, 11) is 0. The highest BCUT2D eigenvalue weighted by atomic mass is 16.5. The minimum Gasteiger partial charge on any atom is -0.454 e. The number of Topliss-reactive ketones (excluding diaryl/α,β-unsaturated/α-hetero) is 1. The van der Waals surface area contributed by atoms with Crippen LogP contribution in [0.15, 0.2) is 54.6 Å². The number of hydrazine groups is 1. The molecule has 1 aliphatic heterocycles. The van der Waals surface area contributed by atoms with Gasteiger partial charge in [0.25, 0.3) is 5.91 Å². The molecule has 2 amide bonds. The first-order chi connectivity index (χ1) is 14.4. The standard InChI is InChI=1S/C23H24N2O5/c1-3-19(21(27)16-7-5-4-6-8-16)30-23(29)18-13-20(26)25(14-18)24-22(28)17-11-9-15(2)10-12-17/h4-12,18-19H,3,13-14H2,1-2H3,(H,24,28)/t18-,19+/m0/s1. The summed E-state index contributed by atoms with van der Waals surface area (Å²) >= 11 is 0. The maximum Gasteiger partial charge on any atom is 0.312 e. The lowest BCUT2D eigenvalue weighted by Crippen LogP contribution is -2.43. The predicted molar refractivity (Wildman–Crippen MR) is 109 cm³/mol. The van der Waals surface area contributed by atoms with Crippen molar-refractivity contribution in [2.24, 2.45) is 5.92 Å². The lowest BCUT2D eigenvalue weighted by molar-refractivity contribution is -0.151. The Morgan fingerprint density at radius 1 is 1.07 bits per heavy atom. The van der Waals surface area contributed by atoms with Crippen LogP contribution in [0.25, 0.3) is 0 Å². The summed E-state index contributed by atoms with van der Waals surface area (Å²) in [6.45, 7) is 3.67. The number of esters is 1. The molecular weight excluding hydrogens is 384 g/mol. The van der Waals surface area contributed by atoms with Gasteiger partial charge in [0.15, 0.2) is 6.10 Å². The highest BCUT2D eigenvalue weighted by Gasteiger charge is 2.38. The third-order valence-electron chi connectivity index (χ3n) is 4.99. The van der Waals surface area contributed by atoms with E-state index in [0.717, 1.165) is 10.6 Å². The fourth-order valence-corrected chi connectivity index (χ4v) is 3.21. The Hall–Kier alpha value is -3.48. The quantitative estimate of drug-likeness (QED) is 0.562. The van der Waals surface area contributed by atoms with Crippen molar-refractivity contribution >= 4 is 23.6 Å². The summed E-state index contributed by atoms with van der Waals surface area (Å²) in [5, 5.41) is 1.13. The highest BCUT2D eigenvalue weighted by Crippen LogP contribution is 2.20. The molecule has 0 radical (unpaired) electrons. The van der Waals surface area contributed by atoms with Gasteiger partial charge in [-0.3, -0.25) is 29.6 Å². The van der Waals surface area contributed by atoms with Gasteiger partial charge < -0.3 is 4.74 Å². The maximum atomic E-state index is 12.6. The zero-order valence-electron chi connectivity index (χ0n) is 17.0. The van der Waals surface area contributed by atoms with Gasteiger partial charge in [0.1, 0.15) is 0 Å². The van der Waals surface area contributed by atoms with Crippen LogP contribution in [0.5, 0.6) is 0 Å². The summed E-state index contributed by atoms with van der Waals surface area (Å²) in [6.07, 6.45) is -0.664. The van der Waals surface area contributed by atoms with Crippen molar-refractivity contribution in [2.75, 3.05) is 6.54 Å². The van der Waals surface area contributed by atoms with Gasteiger partial charge in [-0.2, -0.15) is 0 Å². The number of hydrogen-bond acceptors (Lipinski definition) is 5. The van der Waals surface area contributed by atoms with Crippen molar-refractivity contribution in [3.63, 3.8) is 0 Å². The number of rotatable bonds is 7. The van der Waals surface area contributed by atoms with Gasteiger partial charge >= 0.3 is 5.97 Å². The molecule has 3 rings (SSSR count). The molecule has 1 fully saturated rings. The van der Waals surface area contributed by atoms with E-state index in [1.807, 2.05) is 6.92 Å². The molecule has 2 aromatic carbocycles. The van der Waals surface area contributed by atoms with Gasteiger partial charge in [-0.15, -0.1) is 0 Å². The summed E-state index contributed by atoms with van der Waals surface area (Å²) in [6, 6.07) is 15.5. The molecule has 2 aromatic rings. The molecule has 1 heterocycles. The molecule has 156 valence electrons. The van der Waals surface area contributed by atoms with E-state index in [0.29, 0.717) is 17.5 Å². The van der Waals surface area contributed by atoms with Gasteiger partial charge in [-0.25, -0.2) is 0 Å². The highest BCUT2D eigenvalue weighted by molar-refractivity contribution is 6.01. The van der Waals surface area contributed by atoms with Crippen LogP contribution in [-0.2, 0) is 14.3 Å². The molecule has 1 N–H and O–H groups in total. The van der Waals surface area contributed by atoms with E-state index in [1.54, 1.807) is 61.5 Å². The molecule has 0 unspecified atom stereocenters. The van der Waals surface area contributed by atoms with Crippen LogP contribution in [0, 0.1) is 12.8 Å². The number of carbonyl (C=O) groups is 4. The number of nitrogens with one attached hydrogen (secondary N) is 1. The first kappa shape index (κ1) is 21.2. The van der Waals surface area contributed by atoms with E-state index in [1.165, 1.54) is 0 Å². The maximum absolute atomic E-state index is 12.6. The number of amides is 2. The predicted octanol–water partition coefficient (Wildman–Crippen LogP) is 2.69. The second-order valence-corrected chi connectivity index (χ2v) is 7.28. The van der Waals surface area contributed by atoms with Crippen LogP contribution < -0.4 is 5.43 Å². The molecular formula is C23H24N2O5. The third-order valence-corrected chi connectivity index (χ3v) is 4.99. The topological polar surface area (TPSA) is 92.8 Å². The molecule has 0 spiro atoms. The first-order valence-electron chi connectivity index (χ1n) is 9.86. The monoisotopic (exact) mass is 408 g/mol. The van der Waals surface area contributed by atoms with Crippen molar-refractivity contribution in [3.05, 3.63) is 71.3 Å². The van der Waals surface area contributed by atoms with E-state index in [2.05, 4.69) is 5.43 Å². The van der Waals surface area contributed by atoms with E-state index < -0.39 is 23.9 Å². The van der Waals surface area contributed by atoms with Crippen LogP contribution in [-0.4, -0.2) is 41.2 Å². The van der Waals surface area contributed by atoms with E-state index in [4.69, 9.17) is 4.74 Å². The Morgan fingerprint density at radius 3 is 2.37 bits per heavy atom. The van der Waals surface area contributed by atoms with Gasteiger partial charge in [-0.05, 0) is 25.5 Å². The fourth-order valence-electron chi connectivity index (χ4n) is 3.21. The van der Waals surface area contributed by atoms with E-state index in [-0.39, 0.29) is 24.7 Å². The zero-order valence-corrected chi connectivity index (χ0v) is 17.0. The average molecular weight is 408 g/mol. The Kier molecular flexibility index (Phi) is 6.61. The van der Waals surface area contributed by atoms with Gasteiger partial charge in [0, 0.05) is 17.5 Å². The van der Waals surface area contributed by atoms with E-state index >= 15 is 0 Å². The summed E-state index contributed by atoms with van der Waals surface area (Å²) in [5.74, 6) is -2.44. The summed E-state index contributed by atoms with van der Waals surface area (Å²) in [5.41, 5.74) is 4.43. The molecule has 0 aliphatic carbocycles. The number of carbonyl (C=O) groups excluding carboxylic acids is 4. The normalized spacial score (nSPS) is 16.8. The summed E-state index contributed by atoms with van der Waals surface area (Å²) in [4.78, 5) is 49.7. The van der Waals surface area contributed by atoms with Crippen molar-refractivity contribution in [1.29, 1.82) is 0 Å². The van der Waals surface area contributed by atoms with Crippen LogP contribution >= 0.6 is 0 Å². The SMILES string of the molecule is CC[C@@H](OC(=O)[C@H]1CC(=O)N(NC(=O)c2ccc(C)cc2)C1)C(=O)c1ccccc1. The number of aryl methyl sites for hydroxylation is 1. The van der Waals surface area contributed by atoms with E-state index in [9.17, 15) is 19.2 Å². The second kappa shape index (κ2) is 9.35. The van der Waals surface area contributed by atoms with Crippen LogP contribution in [0.2, 0.25) is 0 Å². The minimum absolute atomic E-state index is 0.00519. The van der Waals surface area contributed by atoms with Gasteiger partial charge in [-0.1, -0.05) is 55.0 Å². The number of benzene rings is 2. The van der Waals surface area contributed by atoms with Crippen molar-refractivity contribution < 1.29 is 23.9 Å². The lowest BCUT2D eigenvalue weighted by atomic mass is 10.0. The third kappa shape index (κ3) is 4.92. The Morgan fingerprint density at radius 2 is 1.73 bits per heavy atom. The van der Waals surface area contributed by atoms with Crippen LogP contribution in [0.1, 0.15) is 46.0 Å². The molecule has 2 atom stereocenters. The van der Waals surface area contributed by atoms with Crippen LogP contribution in [0.3, 0.4) is 0 Å². The summed E-state index contributed by atoms with van der Waals surface area (Å²) < 4.78 is 5.42. The molecule has 30 heavy (non-hydrogen) atoms. The second-order valence-electron chi connectivity index (χ2n) is 7.28. The zero-order chi connectivity index (χ0) is 21.7. The number of nitrogens with zero attached hydrogens (tertiary/aromatic N) is 1. The molecule has 1 saturated heterocycles. The first-order valence-corrected chi connectivity index (χ1v) is 9.86. The van der Waals surface area contributed by atoms with Gasteiger partial charge in [0.2, 0.25) is 11.7 Å². The van der Waals surface area contributed by atoms with Crippen LogP contribution in [0.4, 0.5) is 0 Å². The number of hydrogen-bond donors (Lipinski definition) is 1. The molecule has 0 bridgehead atoms. The number of ketones is 1. The Balaban J connectivity index is 1.59. The Bertz CT molecular complexity index is 940. The lowest BCUT2D eigenvalue weighted by Gasteiger charge is -2.19. The number of ether oxygens (including phenoxy) is 1. The molecule has 1 aliphatic rings. The van der Waals surface area contributed by atoms with Crippen molar-refractivity contribution in [2.45, 2.75) is 32.8 Å². The Labute approximate surface area is 175 Å².